The Morgan fingerprint density at radius 1 is 1.19 bits per heavy atom. The molecule has 7 nitrogen and oxygen atoms in total. The van der Waals surface area contributed by atoms with Crippen molar-refractivity contribution < 1.29 is 23.5 Å². The van der Waals surface area contributed by atoms with E-state index in [0.29, 0.717) is 47.7 Å². The molecule has 2 aliphatic heterocycles. The molecule has 4 rings (SSSR count). The Labute approximate surface area is 186 Å². The van der Waals surface area contributed by atoms with Crippen LogP contribution in [0, 0.1) is 5.82 Å². The molecule has 0 bridgehead atoms. The molecule has 170 valence electrons. The molecule has 0 radical (unpaired) electrons. The molecule has 0 saturated carbocycles. The maximum atomic E-state index is 13.8. The average molecular weight is 442 g/mol. The van der Waals surface area contributed by atoms with Crippen molar-refractivity contribution in [1.82, 2.24) is 10.2 Å². The first-order valence-corrected chi connectivity index (χ1v) is 11.0. The average Bonchev–Trinajstić information content (AvgIpc) is 2.79. The number of carbonyl (C=O) groups is 2. The molecule has 0 spiro atoms. The van der Waals surface area contributed by atoms with Gasteiger partial charge in [-0.1, -0.05) is 0 Å². The van der Waals surface area contributed by atoms with Gasteiger partial charge in [0, 0.05) is 35.9 Å². The highest BCUT2D eigenvalue weighted by Crippen LogP contribution is 2.29. The number of hydrogen-bond donors (Lipinski definition) is 2. The summed E-state index contributed by atoms with van der Waals surface area (Å²) in [5.41, 5.74) is 2.57. The number of urea groups is 1. The van der Waals surface area contributed by atoms with Gasteiger partial charge in [0.25, 0.3) is 5.91 Å². The second kappa shape index (κ2) is 9.99. The van der Waals surface area contributed by atoms with Crippen LogP contribution in [0.15, 0.2) is 36.4 Å². The van der Waals surface area contributed by atoms with Gasteiger partial charge in [0.05, 0.1) is 6.61 Å². The number of halogens is 1. The van der Waals surface area contributed by atoms with E-state index in [1.807, 2.05) is 4.90 Å². The lowest BCUT2D eigenvalue weighted by Crippen LogP contribution is -2.42. The lowest BCUT2D eigenvalue weighted by molar-refractivity contribution is -0.0172. The van der Waals surface area contributed by atoms with Gasteiger partial charge in [-0.15, -0.1) is 0 Å². The summed E-state index contributed by atoms with van der Waals surface area (Å²) in [4.78, 5) is 26.9. The normalized spacial score (nSPS) is 17.8. The Bertz CT molecular complexity index is 980. The van der Waals surface area contributed by atoms with Crippen molar-refractivity contribution in [1.29, 1.82) is 0 Å². The predicted molar refractivity (Wildman–Crippen MR) is 118 cm³/mol. The summed E-state index contributed by atoms with van der Waals surface area (Å²) in [6.07, 6.45) is 3.65. The zero-order chi connectivity index (χ0) is 22.5. The third-order valence-electron chi connectivity index (χ3n) is 5.89. The number of hydrogen-bond acceptors (Lipinski definition) is 4. The Morgan fingerprint density at radius 2 is 2.00 bits per heavy atom. The van der Waals surface area contributed by atoms with Crippen LogP contribution in [0.2, 0.25) is 0 Å². The van der Waals surface area contributed by atoms with Crippen LogP contribution in [0.1, 0.15) is 47.7 Å². The van der Waals surface area contributed by atoms with Crippen LogP contribution in [0.3, 0.4) is 0 Å². The van der Waals surface area contributed by atoms with E-state index in [1.54, 1.807) is 24.3 Å². The molecule has 1 saturated heterocycles. The second-order valence-electron chi connectivity index (χ2n) is 8.22. The fraction of sp³-hybridized carbons (Fsp3) is 0.417. The zero-order valence-corrected chi connectivity index (χ0v) is 18.2. The van der Waals surface area contributed by atoms with Gasteiger partial charge in [0.1, 0.15) is 11.6 Å². The SMILES string of the molecule is C[C@H]1CCCCN1C(=O)c1ccc(NC(=O)NCCc2cc(F)cc3c2OCOC3)cc1. The standard InChI is InChI=1S/C24H28FN3O4/c1-16-4-2-3-11-28(16)23(29)17-5-7-21(8-6-17)27-24(30)26-10-9-18-12-20(25)13-19-14-31-15-32-22(18)19/h5-8,12-13,16H,2-4,9-11,14-15H2,1H3,(H2,26,27,30)/t16-/m0/s1. The molecule has 2 aliphatic rings. The maximum Gasteiger partial charge on any atom is 0.319 e. The molecular weight excluding hydrogens is 413 g/mol. The van der Waals surface area contributed by atoms with Crippen LogP contribution in [0.25, 0.3) is 0 Å². The number of carbonyl (C=O) groups excluding carboxylic acids is 2. The number of nitrogens with zero attached hydrogens (tertiary/aromatic N) is 1. The molecule has 2 heterocycles. The van der Waals surface area contributed by atoms with E-state index in [2.05, 4.69) is 17.6 Å². The fourth-order valence-electron chi connectivity index (χ4n) is 4.19. The number of nitrogens with one attached hydrogen (secondary N) is 2. The minimum absolute atomic E-state index is 0.0271. The summed E-state index contributed by atoms with van der Waals surface area (Å²) in [6.45, 7) is 3.62. The molecule has 1 fully saturated rings. The van der Waals surface area contributed by atoms with Crippen LogP contribution in [-0.4, -0.2) is 42.8 Å². The molecule has 8 heteroatoms. The highest BCUT2D eigenvalue weighted by Gasteiger charge is 2.24. The number of likely N-dealkylation sites (tertiary alicyclic amines) is 1. The van der Waals surface area contributed by atoms with Gasteiger partial charge in [0.2, 0.25) is 0 Å². The highest BCUT2D eigenvalue weighted by atomic mass is 19.1. The largest absolute Gasteiger partial charge is 0.467 e. The number of piperidine rings is 1. The van der Waals surface area contributed by atoms with Crippen LogP contribution in [0.5, 0.6) is 5.75 Å². The molecule has 0 unspecified atom stereocenters. The first-order valence-electron chi connectivity index (χ1n) is 11.0. The third kappa shape index (κ3) is 5.19. The molecule has 2 aromatic rings. The molecule has 3 amide bonds. The Kier molecular flexibility index (Phi) is 6.90. The van der Waals surface area contributed by atoms with Gasteiger partial charge in [-0.05, 0) is 74.6 Å². The zero-order valence-electron chi connectivity index (χ0n) is 18.2. The summed E-state index contributed by atoms with van der Waals surface area (Å²) in [5.74, 6) is 0.299. The first kappa shape index (κ1) is 22.1. The van der Waals surface area contributed by atoms with Crippen molar-refractivity contribution in [3.8, 4) is 5.75 Å². The van der Waals surface area contributed by atoms with Crippen LogP contribution < -0.4 is 15.4 Å². The predicted octanol–water partition coefficient (Wildman–Crippen LogP) is 4.07. The molecule has 1 atom stereocenters. The second-order valence-corrected chi connectivity index (χ2v) is 8.22. The van der Waals surface area contributed by atoms with Crippen LogP contribution >= 0.6 is 0 Å². The van der Waals surface area contributed by atoms with Crippen LogP contribution in [0.4, 0.5) is 14.9 Å². The van der Waals surface area contributed by atoms with Gasteiger partial charge in [-0.25, -0.2) is 9.18 Å². The maximum absolute atomic E-state index is 13.8. The quantitative estimate of drug-likeness (QED) is 0.733. The van der Waals surface area contributed by atoms with Crippen molar-refractivity contribution >= 4 is 17.6 Å². The molecular formula is C24H28FN3O4. The lowest BCUT2D eigenvalue weighted by atomic mass is 10.0. The van der Waals surface area contributed by atoms with Gasteiger partial charge >= 0.3 is 6.03 Å². The number of anilines is 1. The Balaban J connectivity index is 1.28. The molecule has 2 aromatic carbocycles. The minimum Gasteiger partial charge on any atom is -0.467 e. The molecule has 2 N–H and O–H groups in total. The van der Waals surface area contributed by atoms with E-state index in [0.717, 1.165) is 25.8 Å². The van der Waals surface area contributed by atoms with Crippen LogP contribution in [-0.2, 0) is 17.8 Å². The summed E-state index contributed by atoms with van der Waals surface area (Å²) >= 11 is 0. The van der Waals surface area contributed by atoms with E-state index < -0.39 is 0 Å². The monoisotopic (exact) mass is 441 g/mol. The number of benzene rings is 2. The van der Waals surface area contributed by atoms with Gasteiger partial charge in [-0.2, -0.15) is 0 Å². The van der Waals surface area contributed by atoms with Crippen molar-refractivity contribution in [3.05, 3.63) is 58.9 Å². The minimum atomic E-state index is -0.372. The number of fused-ring (bicyclic) bond motifs is 1. The van der Waals surface area contributed by atoms with E-state index in [9.17, 15) is 14.0 Å². The van der Waals surface area contributed by atoms with Crippen molar-refractivity contribution in [2.24, 2.45) is 0 Å². The third-order valence-corrected chi connectivity index (χ3v) is 5.89. The van der Waals surface area contributed by atoms with Gasteiger partial charge in [0.15, 0.2) is 6.79 Å². The highest BCUT2D eigenvalue weighted by molar-refractivity contribution is 5.95. The van der Waals surface area contributed by atoms with Crippen molar-refractivity contribution in [3.63, 3.8) is 0 Å². The summed E-state index contributed by atoms with van der Waals surface area (Å²) in [5, 5.41) is 5.52. The molecule has 32 heavy (non-hydrogen) atoms. The lowest BCUT2D eigenvalue weighted by Gasteiger charge is -2.33. The van der Waals surface area contributed by atoms with E-state index in [4.69, 9.17) is 9.47 Å². The number of amides is 3. The number of rotatable bonds is 5. The number of ether oxygens (including phenoxy) is 2. The van der Waals surface area contributed by atoms with E-state index in [1.165, 1.54) is 12.1 Å². The van der Waals surface area contributed by atoms with E-state index in [-0.39, 0.29) is 30.6 Å². The van der Waals surface area contributed by atoms with Crippen molar-refractivity contribution in [2.75, 3.05) is 25.2 Å². The summed E-state index contributed by atoms with van der Waals surface area (Å²) in [6, 6.07) is 9.61. The Morgan fingerprint density at radius 3 is 2.78 bits per heavy atom. The summed E-state index contributed by atoms with van der Waals surface area (Å²) < 4.78 is 24.5. The van der Waals surface area contributed by atoms with E-state index >= 15 is 0 Å². The summed E-state index contributed by atoms with van der Waals surface area (Å²) in [7, 11) is 0. The van der Waals surface area contributed by atoms with Crippen molar-refractivity contribution in [2.45, 2.75) is 45.3 Å². The smallest absolute Gasteiger partial charge is 0.319 e. The Hall–Kier alpha value is -3.13. The molecule has 0 aliphatic carbocycles. The van der Waals surface area contributed by atoms with Gasteiger partial charge < -0.3 is 25.0 Å². The fourth-order valence-corrected chi connectivity index (χ4v) is 4.19. The molecule has 0 aromatic heterocycles. The topological polar surface area (TPSA) is 79.9 Å². The first-order chi connectivity index (χ1) is 15.5. The van der Waals surface area contributed by atoms with Gasteiger partial charge in [-0.3, -0.25) is 4.79 Å².